The number of aromatic nitrogens is 2. The Bertz CT molecular complexity index is 1220. The molecule has 1 aliphatic rings. The Kier molecular flexibility index (Phi) is 5.67. The smallest absolute Gasteiger partial charge is 0.301 e. The molecule has 1 N–H and O–H groups in total. The second-order valence-electron chi connectivity index (χ2n) is 7.16. The Morgan fingerprint density at radius 1 is 1.16 bits per heavy atom. The number of aryl methyl sites for hydroxylation is 2. The van der Waals surface area contributed by atoms with Gasteiger partial charge in [0.2, 0.25) is 0 Å². The summed E-state index contributed by atoms with van der Waals surface area (Å²) < 4.78 is 10.6. The molecule has 32 heavy (non-hydrogen) atoms. The fourth-order valence-electron chi connectivity index (χ4n) is 3.58. The number of carbonyl (C=O) groups is 2. The standard InChI is InChI=1S/C23H21N3O5S/c1-12-13(2)32-23(25-12)26-19(14-6-5-9-24-11-14)18(21(28)22(26)29)20(27)16-8-7-15(30-3)10-17(16)31-4/h5-11,19,27H,1-4H3/b20-18+/t19-/m0/s1. The zero-order chi connectivity index (χ0) is 23.0. The first-order valence-electron chi connectivity index (χ1n) is 9.74. The number of amides is 1. The Hall–Kier alpha value is -3.72. The fourth-order valence-corrected chi connectivity index (χ4v) is 4.52. The van der Waals surface area contributed by atoms with E-state index in [1.165, 1.54) is 30.5 Å². The molecule has 1 amide bonds. The van der Waals surface area contributed by atoms with E-state index in [1.807, 2.05) is 13.8 Å². The minimum absolute atomic E-state index is 0.0584. The van der Waals surface area contributed by atoms with Crippen LogP contribution in [0, 0.1) is 13.8 Å². The van der Waals surface area contributed by atoms with Gasteiger partial charge in [-0.15, -0.1) is 11.3 Å². The van der Waals surface area contributed by atoms with Crippen molar-refractivity contribution in [1.29, 1.82) is 0 Å². The number of ether oxygens (including phenoxy) is 2. The maximum atomic E-state index is 13.2. The van der Waals surface area contributed by atoms with E-state index >= 15 is 0 Å². The van der Waals surface area contributed by atoms with Gasteiger partial charge in [-0.3, -0.25) is 19.5 Å². The highest BCUT2D eigenvalue weighted by molar-refractivity contribution is 7.16. The third-order valence-corrected chi connectivity index (χ3v) is 6.40. The summed E-state index contributed by atoms with van der Waals surface area (Å²) in [5, 5.41) is 11.6. The van der Waals surface area contributed by atoms with E-state index in [-0.39, 0.29) is 16.9 Å². The number of pyridine rings is 1. The van der Waals surface area contributed by atoms with Crippen LogP contribution in [0.15, 0.2) is 48.3 Å². The number of ketones is 1. The Balaban J connectivity index is 1.96. The van der Waals surface area contributed by atoms with Crippen molar-refractivity contribution in [2.75, 3.05) is 19.1 Å². The van der Waals surface area contributed by atoms with E-state index in [0.717, 1.165) is 10.6 Å². The van der Waals surface area contributed by atoms with Crippen LogP contribution in [0.1, 0.15) is 27.7 Å². The number of carbonyl (C=O) groups excluding carboxylic acids is 2. The minimum atomic E-state index is -0.888. The molecule has 0 aliphatic carbocycles. The molecular formula is C23H21N3O5S. The van der Waals surface area contributed by atoms with Crippen LogP contribution in [0.4, 0.5) is 5.13 Å². The van der Waals surface area contributed by atoms with Gasteiger partial charge in [-0.05, 0) is 37.6 Å². The first kappa shape index (κ1) is 21.5. The number of rotatable bonds is 5. The van der Waals surface area contributed by atoms with Gasteiger partial charge in [-0.25, -0.2) is 4.98 Å². The molecule has 4 rings (SSSR count). The molecule has 0 saturated carbocycles. The number of nitrogens with zero attached hydrogens (tertiary/aromatic N) is 3. The number of thiazole rings is 1. The SMILES string of the molecule is COc1ccc(/C(O)=C2\C(=O)C(=O)N(c3nc(C)c(C)s3)[C@H]2c2cccnc2)c(OC)c1. The van der Waals surface area contributed by atoms with Gasteiger partial charge in [-0.1, -0.05) is 6.07 Å². The average molecular weight is 452 g/mol. The number of hydrogen-bond donors (Lipinski definition) is 1. The molecule has 0 unspecified atom stereocenters. The summed E-state index contributed by atoms with van der Waals surface area (Å²) in [7, 11) is 2.96. The number of anilines is 1. The van der Waals surface area contributed by atoms with E-state index in [2.05, 4.69) is 9.97 Å². The maximum absolute atomic E-state index is 13.2. The highest BCUT2D eigenvalue weighted by Gasteiger charge is 2.48. The van der Waals surface area contributed by atoms with Crippen molar-refractivity contribution in [1.82, 2.24) is 9.97 Å². The first-order chi connectivity index (χ1) is 15.4. The summed E-state index contributed by atoms with van der Waals surface area (Å²) in [4.78, 5) is 37.2. The van der Waals surface area contributed by atoms with Crippen LogP contribution < -0.4 is 14.4 Å². The number of Topliss-reactive ketones (excluding diaryl/α,β-unsaturated/α-hetero) is 1. The van der Waals surface area contributed by atoms with E-state index in [4.69, 9.17) is 9.47 Å². The van der Waals surface area contributed by atoms with Crippen molar-refractivity contribution in [2.24, 2.45) is 0 Å². The van der Waals surface area contributed by atoms with E-state index < -0.39 is 17.7 Å². The molecule has 1 aliphatic heterocycles. The normalized spacial score (nSPS) is 17.6. The van der Waals surface area contributed by atoms with Gasteiger partial charge in [0.05, 0.1) is 37.1 Å². The molecule has 3 aromatic rings. The lowest BCUT2D eigenvalue weighted by Gasteiger charge is -2.22. The lowest BCUT2D eigenvalue weighted by atomic mass is 9.96. The number of methoxy groups -OCH3 is 2. The molecule has 2 aromatic heterocycles. The van der Waals surface area contributed by atoms with Crippen molar-refractivity contribution in [3.8, 4) is 11.5 Å². The van der Waals surface area contributed by atoms with Gasteiger partial charge in [0, 0.05) is 23.3 Å². The molecule has 9 heteroatoms. The maximum Gasteiger partial charge on any atom is 0.301 e. The topological polar surface area (TPSA) is 102 Å². The quantitative estimate of drug-likeness (QED) is 0.358. The number of hydrogen-bond acceptors (Lipinski definition) is 8. The molecule has 0 radical (unpaired) electrons. The second kappa shape index (κ2) is 8.43. The summed E-state index contributed by atoms with van der Waals surface area (Å²) in [5.41, 5.74) is 1.56. The highest BCUT2D eigenvalue weighted by Crippen LogP contribution is 2.44. The molecule has 164 valence electrons. The Labute approximate surface area is 188 Å². The van der Waals surface area contributed by atoms with Gasteiger partial charge in [-0.2, -0.15) is 0 Å². The number of aliphatic hydroxyl groups excluding tert-OH is 1. The van der Waals surface area contributed by atoms with Gasteiger partial charge >= 0.3 is 5.91 Å². The fraction of sp³-hybridized carbons (Fsp3) is 0.217. The third-order valence-electron chi connectivity index (χ3n) is 5.33. The summed E-state index contributed by atoms with van der Waals surface area (Å²) in [6, 6.07) is 7.39. The van der Waals surface area contributed by atoms with Gasteiger partial charge in [0.15, 0.2) is 5.13 Å². The van der Waals surface area contributed by atoms with Crippen LogP contribution in [0.5, 0.6) is 11.5 Å². The zero-order valence-corrected chi connectivity index (χ0v) is 18.8. The lowest BCUT2D eigenvalue weighted by Crippen LogP contribution is -2.29. The van der Waals surface area contributed by atoms with Gasteiger partial charge < -0.3 is 14.6 Å². The molecule has 3 heterocycles. The largest absolute Gasteiger partial charge is 0.507 e. The summed E-state index contributed by atoms with van der Waals surface area (Å²) in [6.07, 6.45) is 3.16. The molecule has 8 nitrogen and oxygen atoms in total. The predicted molar refractivity (Wildman–Crippen MR) is 120 cm³/mol. The van der Waals surface area contributed by atoms with E-state index in [0.29, 0.717) is 22.2 Å². The minimum Gasteiger partial charge on any atom is -0.507 e. The van der Waals surface area contributed by atoms with E-state index in [1.54, 1.807) is 42.7 Å². The van der Waals surface area contributed by atoms with Crippen molar-refractivity contribution in [2.45, 2.75) is 19.9 Å². The molecule has 0 spiro atoms. The van der Waals surface area contributed by atoms with Crippen LogP contribution in [0.2, 0.25) is 0 Å². The van der Waals surface area contributed by atoms with Crippen LogP contribution in [0.25, 0.3) is 5.76 Å². The zero-order valence-electron chi connectivity index (χ0n) is 17.9. The first-order valence-corrected chi connectivity index (χ1v) is 10.6. The number of benzene rings is 1. The van der Waals surface area contributed by atoms with Crippen LogP contribution in [0.3, 0.4) is 0 Å². The van der Waals surface area contributed by atoms with Crippen molar-refractivity contribution in [3.05, 3.63) is 70.0 Å². The Morgan fingerprint density at radius 3 is 2.53 bits per heavy atom. The monoisotopic (exact) mass is 451 g/mol. The van der Waals surface area contributed by atoms with Crippen molar-refractivity contribution < 1.29 is 24.2 Å². The average Bonchev–Trinajstić information content (AvgIpc) is 3.28. The molecule has 1 fully saturated rings. The highest BCUT2D eigenvalue weighted by atomic mass is 32.1. The molecular weight excluding hydrogens is 430 g/mol. The molecule has 1 saturated heterocycles. The summed E-state index contributed by atoms with van der Waals surface area (Å²) in [5.74, 6) is -1.08. The third kappa shape index (κ3) is 3.50. The van der Waals surface area contributed by atoms with Crippen LogP contribution >= 0.6 is 11.3 Å². The van der Waals surface area contributed by atoms with E-state index in [9.17, 15) is 14.7 Å². The van der Waals surface area contributed by atoms with Crippen LogP contribution in [-0.4, -0.2) is 41.0 Å². The predicted octanol–water partition coefficient (Wildman–Crippen LogP) is 3.80. The Morgan fingerprint density at radius 2 is 1.94 bits per heavy atom. The second-order valence-corrected chi connectivity index (χ2v) is 8.34. The summed E-state index contributed by atoms with van der Waals surface area (Å²) in [6.45, 7) is 3.74. The molecule has 0 bridgehead atoms. The van der Waals surface area contributed by atoms with Gasteiger partial charge in [0.1, 0.15) is 17.3 Å². The summed E-state index contributed by atoms with van der Waals surface area (Å²) >= 11 is 1.31. The number of aliphatic hydroxyl groups is 1. The molecule has 1 aromatic carbocycles. The molecule has 1 atom stereocenters. The lowest BCUT2D eigenvalue weighted by molar-refractivity contribution is -0.132. The van der Waals surface area contributed by atoms with Crippen LogP contribution in [-0.2, 0) is 9.59 Å². The van der Waals surface area contributed by atoms with Crippen molar-refractivity contribution in [3.63, 3.8) is 0 Å². The van der Waals surface area contributed by atoms with Crippen molar-refractivity contribution >= 4 is 33.9 Å². The van der Waals surface area contributed by atoms with Gasteiger partial charge in [0.25, 0.3) is 5.78 Å².